The van der Waals surface area contributed by atoms with Crippen molar-refractivity contribution in [1.29, 1.82) is 0 Å². The number of rotatable bonds is 72. The fraction of sp³-hybridized carbons (Fsp3) is 0.947. The van der Waals surface area contributed by atoms with E-state index >= 15 is 0 Å². The van der Waals surface area contributed by atoms with Gasteiger partial charge in [0.2, 0.25) is 0 Å². The molecular weight excluding hydrogens is 1230 g/mol. The predicted octanol–water partition coefficient (Wildman–Crippen LogP) is 21.7. The molecule has 0 saturated carbocycles. The molecule has 17 nitrogen and oxygen atoms in total. The second-order valence-corrected chi connectivity index (χ2v) is 31.9. The lowest BCUT2D eigenvalue weighted by molar-refractivity contribution is -0.161. The summed E-state index contributed by atoms with van der Waals surface area (Å²) in [5.41, 5.74) is 0. The molecule has 0 rings (SSSR count). The van der Waals surface area contributed by atoms with Crippen LogP contribution in [0.5, 0.6) is 0 Å². The van der Waals surface area contributed by atoms with Crippen LogP contribution in [0.1, 0.15) is 376 Å². The van der Waals surface area contributed by atoms with E-state index in [9.17, 15) is 43.2 Å². The number of carbonyl (C=O) groups is 4. The minimum Gasteiger partial charge on any atom is -0.462 e. The molecule has 0 aliphatic rings. The quantitative estimate of drug-likeness (QED) is 0.0222. The van der Waals surface area contributed by atoms with Crippen molar-refractivity contribution in [2.24, 2.45) is 23.7 Å². The van der Waals surface area contributed by atoms with E-state index in [4.69, 9.17) is 37.0 Å². The second kappa shape index (κ2) is 64.4. The van der Waals surface area contributed by atoms with E-state index in [-0.39, 0.29) is 25.7 Å². The maximum absolute atomic E-state index is 13.1. The van der Waals surface area contributed by atoms with E-state index in [1.165, 1.54) is 173 Å². The first-order valence-corrected chi connectivity index (χ1v) is 41.7. The van der Waals surface area contributed by atoms with Crippen LogP contribution in [-0.4, -0.2) is 96.7 Å². The smallest absolute Gasteiger partial charge is 0.462 e. The first-order valence-electron chi connectivity index (χ1n) is 38.7. The molecule has 2 unspecified atom stereocenters. The zero-order valence-electron chi connectivity index (χ0n) is 61.6. The van der Waals surface area contributed by atoms with Crippen LogP contribution in [0.3, 0.4) is 0 Å². The third kappa shape index (κ3) is 68.6. The molecule has 0 spiro atoms. The van der Waals surface area contributed by atoms with Gasteiger partial charge in [0.25, 0.3) is 0 Å². The van der Waals surface area contributed by atoms with Crippen molar-refractivity contribution in [2.75, 3.05) is 39.6 Å². The van der Waals surface area contributed by atoms with E-state index in [1.54, 1.807) is 0 Å². The molecule has 0 aromatic heterocycles. The van der Waals surface area contributed by atoms with Crippen LogP contribution in [0.4, 0.5) is 0 Å². The number of hydrogen-bond donors (Lipinski definition) is 3. The number of unbranched alkanes of at least 4 members (excludes halogenated alkanes) is 38. The average Bonchev–Trinajstić information content (AvgIpc) is 1.34. The van der Waals surface area contributed by atoms with Crippen molar-refractivity contribution in [1.82, 2.24) is 0 Å². The Labute approximate surface area is 575 Å². The largest absolute Gasteiger partial charge is 0.472 e. The van der Waals surface area contributed by atoms with Gasteiger partial charge in [-0.15, -0.1) is 0 Å². The molecule has 0 aliphatic heterocycles. The Kier molecular flexibility index (Phi) is 63.1. The van der Waals surface area contributed by atoms with Crippen LogP contribution in [0.2, 0.25) is 0 Å². The highest BCUT2D eigenvalue weighted by atomic mass is 31.2. The molecular formula is C75H146O17P2. The summed E-state index contributed by atoms with van der Waals surface area (Å²) in [5.74, 6) is 0.871. The van der Waals surface area contributed by atoms with Gasteiger partial charge in [0, 0.05) is 25.7 Å². The molecule has 3 N–H and O–H groups in total. The first-order chi connectivity index (χ1) is 45.1. The maximum atomic E-state index is 13.1. The number of hydrogen-bond acceptors (Lipinski definition) is 15. The van der Waals surface area contributed by atoms with E-state index in [0.717, 1.165) is 114 Å². The Morgan fingerprint density at radius 1 is 0.266 bits per heavy atom. The maximum Gasteiger partial charge on any atom is 0.472 e. The zero-order chi connectivity index (χ0) is 69.6. The Balaban J connectivity index is 5.21. The lowest BCUT2D eigenvalue weighted by Crippen LogP contribution is -2.30. The molecule has 0 aromatic carbocycles. The molecule has 0 aliphatic carbocycles. The van der Waals surface area contributed by atoms with Gasteiger partial charge in [-0.3, -0.25) is 37.3 Å². The minimum atomic E-state index is -4.96. The van der Waals surface area contributed by atoms with Crippen LogP contribution >= 0.6 is 15.6 Å². The summed E-state index contributed by atoms with van der Waals surface area (Å²) in [6.45, 7) is 14.1. The third-order valence-electron chi connectivity index (χ3n) is 17.3. The first kappa shape index (κ1) is 92.1. The highest BCUT2D eigenvalue weighted by Crippen LogP contribution is 2.45. The number of phosphoric ester groups is 2. The topological polar surface area (TPSA) is 237 Å². The summed E-state index contributed by atoms with van der Waals surface area (Å²) < 4.78 is 68.4. The van der Waals surface area contributed by atoms with E-state index in [0.29, 0.717) is 31.6 Å². The second-order valence-electron chi connectivity index (χ2n) is 28.9. The summed E-state index contributed by atoms with van der Waals surface area (Å²) in [5, 5.41) is 10.6. The van der Waals surface area contributed by atoms with Gasteiger partial charge >= 0.3 is 39.5 Å². The highest BCUT2D eigenvalue weighted by Gasteiger charge is 2.30. The standard InChI is InChI=1S/C75H146O17P2/c1-65(2)51-43-35-27-21-15-13-11-9-10-12-14-16-24-30-39-47-55-72(77)85-61-70(91-74(79)57-49-41-31-25-19-17-22-28-36-44-52-66(3)4)63-89-93(81,82)87-59-69(76)60-88-94(83,84)90-64-71(62-86-73(78)56-48-40-34-33-38-46-54-68(7)8)92-75(80)58-50-42-32-26-20-18-23-29-37-45-53-67(5)6/h65-71,76H,9-64H2,1-8H3,(H,81,82)(H,83,84)/t69-,70-,71-/m1/s1. The van der Waals surface area contributed by atoms with Gasteiger partial charge in [-0.2, -0.15) is 0 Å². The van der Waals surface area contributed by atoms with Crippen LogP contribution in [-0.2, 0) is 65.4 Å². The summed E-state index contributed by atoms with van der Waals surface area (Å²) in [4.78, 5) is 72.7. The lowest BCUT2D eigenvalue weighted by Gasteiger charge is -2.21. The third-order valence-corrected chi connectivity index (χ3v) is 19.2. The predicted molar refractivity (Wildman–Crippen MR) is 381 cm³/mol. The van der Waals surface area contributed by atoms with Crippen LogP contribution in [0.15, 0.2) is 0 Å². The van der Waals surface area contributed by atoms with Crippen molar-refractivity contribution in [2.45, 2.75) is 395 Å². The Morgan fingerprint density at radius 2 is 0.447 bits per heavy atom. The number of carbonyl (C=O) groups excluding carboxylic acids is 4. The zero-order valence-corrected chi connectivity index (χ0v) is 63.4. The fourth-order valence-corrected chi connectivity index (χ4v) is 13.0. The number of aliphatic hydroxyl groups is 1. The van der Waals surface area contributed by atoms with Crippen molar-refractivity contribution in [3.8, 4) is 0 Å². The number of aliphatic hydroxyl groups excluding tert-OH is 1. The normalized spacial score (nSPS) is 14.2. The summed E-state index contributed by atoms with van der Waals surface area (Å²) >= 11 is 0. The van der Waals surface area contributed by atoms with Crippen molar-refractivity contribution >= 4 is 39.5 Å². The van der Waals surface area contributed by atoms with Gasteiger partial charge in [0.1, 0.15) is 19.3 Å². The monoisotopic (exact) mass is 1380 g/mol. The molecule has 0 fully saturated rings. The van der Waals surface area contributed by atoms with E-state index in [1.807, 2.05) is 0 Å². The summed E-state index contributed by atoms with van der Waals surface area (Å²) in [7, 11) is -9.91. The SMILES string of the molecule is CC(C)CCCCCCCCCCCCCCCCCCC(=O)OC[C@H](COP(=O)(O)OC[C@@H](O)COP(=O)(O)OC[C@@H](COC(=O)CCCCCCCCC(C)C)OC(=O)CCCCCCCCCCCCC(C)C)OC(=O)CCCCCCCCCCCCC(C)C. The Morgan fingerprint density at radius 3 is 0.660 bits per heavy atom. The lowest BCUT2D eigenvalue weighted by atomic mass is 10.0. The minimum absolute atomic E-state index is 0.104. The van der Waals surface area contributed by atoms with Gasteiger partial charge in [-0.25, -0.2) is 9.13 Å². The number of phosphoric acid groups is 2. The van der Waals surface area contributed by atoms with Gasteiger partial charge in [-0.1, -0.05) is 325 Å². The van der Waals surface area contributed by atoms with Crippen molar-refractivity contribution in [3.63, 3.8) is 0 Å². The van der Waals surface area contributed by atoms with Gasteiger partial charge in [0.05, 0.1) is 26.4 Å². The van der Waals surface area contributed by atoms with Gasteiger partial charge in [0.15, 0.2) is 12.2 Å². The molecule has 0 radical (unpaired) electrons. The van der Waals surface area contributed by atoms with Crippen LogP contribution < -0.4 is 0 Å². The van der Waals surface area contributed by atoms with E-state index in [2.05, 4.69) is 55.4 Å². The average molecular weight is 1380 g/mol. The molecule has 0 bridgehead atoms. The molecule has 94 heavy (non-hydrogen) atoms. The van der Waals surface area contributed by atoms with Gasteiger partial charge < -0.3 is 33.8 Å². The van der Waals surface area contributed by atoms with Crippen LogP contribution in [0.25, 0.3) is 0 Å². The Hall–Kier alpha value is -1.94. The molecule has 558 valence electrons. The molecule has 0 aromatic rings. The number of ether oxygens (including phenoxy) is 4. The number of esters is 4. The fourth-order valence-electron chi connectivity index (χ4n) is 11.4. The summed E-state index contributed by atoms with van der Waals surface area (Å²) in [6, 6.07) is 0. The molecule has 0 heterocycles. The van der Waals surface area contributed by atoms with E-state index < -0.39 is 97.5 Å². The molecule has 5 atom stereocenters. The molecule has 19 heteroatoms. The van der Waals surface area contributed by atoms with Crippen LogP contribution in [0, 0.1) is 23.7 Å². The van der Waals surface area contributed by atoms with Gasteiger partial charge in [-0.05, 0) is 49.4 Å². The molecule has 0 saturated heterocycles. The summed E-state index contributed by atoms with van der Waals surface area (Å²) in [6.07, 6.45) is 48.8. The van der Waals surface area contributed by atoms with Crippen molar-refractivity contribution < 1.29 is 80.2 Å². The highest BCUT2D eigenvalue weighted by molar-refractivity contribution is 7.47. The Bertz CT molecular complexity index is 1850. The van der Waals surface area contributed by atoms with Crippen molar-refractivity contribution in [3.05, 3.63) is 0 Å². The molecule has 0 amide bonds.